The predicted molar refractivity (Wildman–Crippen MR) is 326 cm³/mol. The summed E-state index contributed by atoms with van der Waals surface area (Å²) in [4.78, 5) is 125. The van der Waals surface area contributed by atoms with Gasteiger partial charge in [-0.15, -0.1) is 0 Å². The Kier molecular flexibility index (Phi) is 19.2. The minimum atomic E-state index is -5.09. The SMILES string of the molecule is C/C1=C2/N=C(C=C3N/C(=C(/C)C4=N[C@@](C)([C@@H]5N=C1[C@](C)(CCC(=O)NC[C@H](C)OP(=O)(O)O[C@H]1[C@@H](O)[C@@H](n6cnc7cc(O)ccc76)O[C@@H]1CO)[C@H]5CC(N)=O)[C@@](C)(CC(N)=O)[C@@H]4CCC(N)=O)[C@@](C)(CC(N)=O)[C@@H]3CCC(N)=O)C(C)(C)[C@@H]2CCC(N)=O. The lowest BCUT2D eigenvalue weighted by Gasteiger charge is -2.48. The van der Waals surface area contributed by atoms with Crippen LogP contribution in [0.1, 0.15) is 139 Å². The van der Waals surface area contributed by atoms with Gasteiger partial charge in [0.05, 0.1) is 41.7 Å². The molecule has 1 aromatic heterocycles. The number of phenolic OH excluding ortho intramolecular Hbond substituents is 1. The number of hydrogen-bond donors (Lipinski definition) is 12. The molecule has 486 valence electrons. The molecule has 2 aromatic rings. The van der Waals surface area contributed by atoms with E-state index in [0.717, 1.165) is 0 Å². The number of aliphatic hydroxyl groups is 2. The number of nitrogens with zero attached hydrogens (tertiary/aromatic N) is 5. The summed E-state index contributed by atoms with van der Waals surface area (Å²) in [5, 5.41) is 37.9. The molecule has 2 fully saturated rings. The number of benzene rings is 1. The van der Waals surface area contributed by atoms with E-state index >= 15 is 0 Å². The van der Waals surface area contributed by atoms with E-state index in [-0.39, 0.29) is 82.9 Å². The van der Waals surface area contributed by atoms with Crippen molar-refractivity contribution < 1.29 is 72.1 Å². The molecule has 8 rings (SSSR count). The summed E-state index contributed by atoms with van der Waals surface area (Å²) < 4.78 is 31.9. The van der Waals surface area contributed by atoms with Gasteiger partial charge in [0.2, 0.25) is 41.4 Å². The Morgan fingerprint density at radius 1 is 0.831 bits per heavy atom. The molecule has 15 atom stereocenters. The Labute approximate surface area is 515 Å². The van der Waals surface area contributed by atoms with Crippen molar-refractivity contribution in [2.45, 2.75) is 175 Å². The zero-order chi connectivity index (χ0) is 65.8. The lowest BCUT2D eigenvalue weighted by molar-refractivity contribution is -0.124. The molecule has 0 saturated carbocycles. The zero-order valence-electron chi connectivity index (χ0n) is 51.8. The Hall–Kier alpha value is -7.20. The maximum absolute atomic E-state index is 14.3. The molecule has 8 bridgehead atoms. The number of aromatic nitrogens is 2. The number of carbonyl (C=O) groups excluding carboxylic acids is 7. The van der Waals surface area contributed by atoms with E-state index in [1.54, 1.807) is 0 Å². The van der Waals surface area contributed by atoms with Crippen molar-refractivity contribution in [2.75, 3.05) is 13.2 Å². The smallest absolute Gasteiger partial charge is 0.472 e. The third kappa shape index (κ3) is 13.0. The Bertz CT molecular complexity index is 3480. The molecule has 7 heterocycles. The summed E-state index contributed by atoms with van der Waals surface area (Å²) in [6.45, 7) is 15.3. The first-order valence-corrected chi connectivity index (χ1v) is 31.4. The number of phenols is 1. The van der Waals surface area contributed by atoms with Crippen LogP contribution in [-0.2, 0) is 51.9 Å². The molecule has 0 radical (unpaired) electrons. The number of aromatic hydroxyl groups is 1. The van der Waals surface area contributed by atoms with Gasteiger partial charge in [0.1, 0.15) is 24.1 Å². The lowest BCUT2D eigenvalue weighted by atomic mass is 9.55. The predicted octanol–water partition coefficient (Wildman–Crippen LogP) is 2.25. The van der Waals surface area contributed by atoms with Crippen molar-refractivity contribution in [1.82, 2.24) is 20.2 Å². The highest BCUT2D eigenvalue weighted by atomic mass is 31.2. The van der Waals surface area contributed by atoms with Crippen LogP contribution in [0.25, 0.3) is 11.0 Å². The number of ether oxygens (including phenoxy) is 1. The van der Waals surface area contributed by atoms with E-state index < -0.39 is 143 Å². The summed E-state index contributed by atoms with van der Waals surface area (Å²) in [7, 11) is -5.09. The first kappa shape index (κ1) is 67.7. The average Bonchev–Trinajstić information content (AvgIpc) is 1.54. The molecular weight excluding hydrogens is 1170 g/mol. The quantitative estimate of drug-likeness (QED) is 0.0601. The van der Waals surface area contributed by atoms with Crippen molar-refractivity contribution in [1.29, 1.82) is 0 Å². The number of aliphatic imine (C=N–C) groups is 3. The highest BCUT2D eigenvalue weighted by Gasteiger charge is 2.66. The second-order valence-electron chi connectivity index (χ2n) is 26.3. The van der Waals surface area contributed by atoms with Gasteiger partial charge < -0.3 is 74.6 Å². The maximum atomic E-state index is 14.3. The highest BCUT2D eigenvalue weighted by Crippen LogP contribution is 2.63. The van der Waals surface area contributed by atoms with Crippen LogP contribution < -0.4 is 45.0 Å². The number of hydrogen-bond acceptors (Lipinski definition) is 19. The minimum Gasteiger partial charge on any atom is -0.508 e. The minimum absolute atomic E-state index is 0.0233. The van der Waals surface area contributed by atoms with E-state index in [9.17, 15) is 58.3 Å². The highest BCUT2D eigenvalue weighted by molar-refractivity contribution is 7.47. The van der Waals surface area contributed by atoms with Crippen LogP contribution in [-0.4, -0.2) is 137 Å². The molecular formula is C60H86N13O15P. The second kappa shape index (κ2) is 25.2. The van der Waals surface area contributed by atoms with Crippen LogP contribution in [0.3, 0.4) is 0 Å². The van der Waals surface area contributed by atoms with Crippen LogP contribution in [0.15, 0.2) is 73.8 Å². The molecule has 2 saturated heterocycles. The molecule has 1 aromatic carbocycles. The molecule has 29 heteroatoms. The van der Waals surface area contributed by atoms with E-state index in [4.69, 9.17) is 63.2 Å². The number of primary amides is 6. The fourth-order valence-corrected chi connectivity index (χ4v) is 16.3. The van der Waals surface area contributed by atoms with Crippen molar-refractivity contribution >= 4 is 77.3 Å². The van der Waals surface area contributed by atoms with Crippen molar-refractivity contribution in [3.63, 3.8) is 0 Å². The van der Waals surface area contributed by atoms with Crippen LogP contribution >= 0.6 is 7.82 Å². The third-order valence-corrected chi connectivity index (χ3v) is 21.1. The second-order valence-corrected chi connectivity index (χ2v) is 27.7. The number of nitrogens with one attached hydrogen (secondary N) is 2. The molecule has 89 heavy (non-hydrogen) atoms. The zero-order valence-corrected chi connectivity index (χ0v) is 52.7. The number of phosphoric ester groups is 1. The molecule has 1 unspecified atom stereocenters. The number of amides is 7. The molecule has 6 aliphatic rings. The lowest BCUT2D eigenvalue weighted by Crippen LogP contribution is -2.56. The summed E-state index contributed by atoms with van der Waals surface area (Å²) >= 11 is 0. The van der Waals surface area contributed by atoms with E-state index in [1.807, 2.05) is 61.5 Å². The van der Waals surface area contributed by atoms with Gasteiger partial charge in [-0.05, 0) is 82.7 Å². The van der Waals surface area contributed by atoms with Gasteiger partial charge in [0, 0.05) is 137 Å². The van der Waals surface area contributed by atoms with Crippen LogP contribution in [0, 0.1) is 45.3 Å². The topological polar surface area (TPSA) is 480 Å². The van der Waals surface area contributed by atoms with E-state index in [1.165, 1.54) is 36.0 Å². The van der Waals surface area contributed by atoms with E-state index in [0.29, 0.717) is 56.4 Å². The molecule has 7 amide bonds. The monoisotopic (exact) mass is 1260 g/mol. The average molecular weight is 1260 g/mol. The molecule has 0 aliphatic carbocycles. The number of phosphoric acid groups is 1. The Morgan fingerprint density at radius 3 is 2.04 bits per heavy atom. The van der Waals surface area contributed by atoms with Crippen molar-refractivity contribution in [3.8, 4) is 5.75 Å². The van der Waals surface area contributed by atoms with E-state index in [2.05, 4.69) is 15.6 Å². The summed E-state index contributed by atoms with van der Waals surface area (Å²) in [6, 6.07) is 3.27. The number of carbonyl (C=O) groups is 7. The summed E-state index contributed by atoms with van der Waals surface area (Å²) in [5.41, 5.74) is 34.8. The first-order chi connectivity index (χ1) is 41.4. The first-order valence-electron chi connectivity index (χ1n) is 29.9. The van der Waals surface area contributed by atoms with Gasteiger partial charge in [-0.3, -0.25) is 57.6 Å². The Morgan fingerprint density at radius 2 is 1.45 bits per heavy atom. The van der Waals surface area contributed by atoms with Crippen LogP contribution in [0.2, 0.25) is 0 Å². The number of nitrogens with two attached hydrogens (primary N) is 6. The molecule has 18 N–H and O–H groups in total. The normalized spacial score (nSPS) is 33.9. The van der Waals surface area contributed by atoms with Gasteiger partial charge in [0.15, 0.2) is 6.23 Å². The van der Waals surface area contributed by atoms with Gasteiger partial charge in [0.25, 0.3) is 0 Å². The van der Waals surface area contributed by atoms with Crippen LogP contribution in [0.4, 0.5) is 0 Å². The van der Waals surface area contributed by atoms with Crippen LogP contribution in [0.5, 0.6) is 5.75 Å². The van der Waals surface area contributed by atoms with Crippen molar-refractivity contribution in [2.24, 2.45) is 94.7 Å². The van der Waals surface area contributed by atoms with Gasteiger partial charge in [-0.1, -0.05) is 34.6 Å². The fourth-order valence-electron chi connectivity index (χ4n) is 15.2. The molecule has 6 aliphatic heterocycles. The van der Waals surface area contributed by atoms with Gasteiger partial charge in [-0.25, -0.2) is 9.55 Å². The fraction of sp³-hybridized carbons (Fsp3) is 0.617. The van der Waals surface area contributed by atoms with Gasteiger partial charge >= 0.3 is 7.82 Å². The largest absolute Gasteiger partial charge is 0.508 e. The molecule has 0 spiro atoms. The number of aliphatic hydroxyl groups excluding tert-OH is 2. The number of fused-ring (bicyclic) bond motifs is 7. The standard InChI is InChI=1S/C60H86N13O15P/c1-28(87-89(84,85)88-51-39(26-74)86-55(50(51)83)73-27-68-37-20-31(75)10-14-38(37)73)25-67-47(82)18-19-57(6)35(21-44(64)79)54-60(9)59(8,24-46(66)81)34(13-17-43(63)78)49(72-60)30(3)53-58(7,23-45(65)80)32(11-15-41(61)76)36(69-53)22-40-56(4,5)33(12-16-42(62)77)48(70-40)29(2)52(57)71-54/h10,14,20,22,27-28,32-35,39,50-51,54-55,69,74-75,83H,11-13,15-19,21,23-26H2,1-9H3,(H2,61,76)(H2,62,77)(H2,63,78)(H2,64,79)(H2,65,80)(H2,66,81)(H,67,82)(H,84,85)/b36-22?,48-29-,53-30-/t28-,32+,33+,34+,35-,39+,50+,51+,54+,55-,57+,58-,59-,60-/m0/s1. The number of rotatable bonds is 26. The Balaban J connectivity index is 1.20. The summed E-state index contributed by atoms with van der Waals surface area (Å²) in [5.74, 6) is -7.31. The summed E-state index contributed by atoms with van der Waals surface area (Å²) in [6.07, 6.45) is -4.72. The third-order valence-electron chi connectivity index (χ3n) is 20.0. The van der Waals surface area contributed by atoms with Crippen molar-refractivity contribution in [3.05, 3.63) is 58.8 Å². The molecule has 28 nitrogen and oxygen atoms in total. The number of allylic oxidation sites excluding steroid dienone is 6. The number of imidazole rings is 1. The maximum Gasteiger partial charge on any atom is 0.472 e. The van der Waals surface area contributed by atoms with Gasteiger partial charge in [-0.2, -0.15) is 0 Å².